The van der Waals surface area contributed by atoms with Gasteiger partial charge in [0.1, 0.15) is 27.4 Å². The minimum atomic E-state index is -1.36. The van der Waals surface area contributed by atoms with E-state index in [1.807, 2.05) is 0 Å². The molecule has 1 atom stereocenters. The van der Waals surface area contributed by atoms with Gasteiger partial charge in [0.15, 0.2) is 0 Å². The third-order valence-corrected chi connectivity index (χ3v) is 7.04. The molecular weight excluding hydrogens is 517 g/mol. The molecule has 0 fully saturated rings. The summed E-state index contributed by atoms with van der Waals surface area (Å²) in [6.07, 6.45) is 3.54. The van der Waals surface area contributed by atoms with Crippen molar-refractivity contribution in [1.29, 1.82) is 0 Å². The first kappa shape index (κ1) is 28.4. The number of hydrogen-bond donors (Lipinski definition) is 1. The molecule has 3 heterocycles. The molecule has 0 saturated carbocycles. The summed E-state index contributed by atoms with van der Waals surface area (Å²) in [6.45, 7) is 6.59. The van der Waals surface area contributed by atoms with Crippen LogP contribution in [0.4, 0.5) is 4.39 Å². The van der Waals surface area contributed by atoms with E-state index >= 15 is 0 Å². The Morgan fingerprint density at radius 1 is 1.26 bits per heavy atom. The van der Waals surface area contributed by atoms with Crippen molar-refractivity contribution in [3.05, 3.63) is 79.3 Å². The molecule has 0 spiro atoms. The zero-order chi connectivity index (χ0) is 28.1. The Morgan fingerprint density at radius 3 is 2.50 bits per heavy atom. The molecule has 1 unspecified atom stereocenters. The zero-order valence-corrected chi connectivity index (χ0v) is 22.4. The molecule has 0 aliphatic heterocycles. The normalized spacial score (nSPS) is 11.8. The van der Waals surface area contributed by atoms with Gasteiger partial charge in [0.2, 0.25) is 0 Å². The van der Waals surface area contributed by atoms with Crippen LogP contribution < -0.4 is 16.0 Å². The summed E-state index contributed by atoms with van der Waals surface area (Å²) >= 11 is 1.21. The number of thiophene rings is 1. The Kier molecular flexibility index (Phi) is 8.94. The van der Waals surface area contributed by atoms with Crippen molar-refractivity contribution < 1.29 is 19.0 Å². The number of rotatable bonds is 8. The second kappa shape index (κ2) is 11.9. The average molecular weight is 546 g/mol. The molecule has 3 aromatic heterocycles. The number of nitrogens with zero attached hydrogens (tertiary/aromatic N) is 5. The number of methoxy groups -OCH3 is 1. The van der Waals surface area contributed by atoms with Crippen LogP contribution in [0.2, 0.25) is 0 Å². The highest BCUT2D eigenvalue weighted by Crippen LogP contribution is 2.31. The maximum Gasteiger partial charge on any atom is 0.332 e. The fraction of sp³-hybridized carbons (Fsp3) is 0.360. The molecular formula is C25H28FN5O6S. The number of nitroso groups, excluding NO2 is 1. The standard InChI is InChI=1S/C22H21FN4O5S.C3H7NO/c1-12-17-18(28)27(13(2)21(29)30)22(31)25(20(17)33-19(12)26-9-4-8-24-26)10-7-14-11-15(23)5-6-16(14)32-3;1-3(2)4-5/h4-6,8-9,11,13H,7,10H2,1-3H3,(H,29,30);3H,1-2H3. The first-order chi connectivity index (χ1) is 18.0. The summed E-state index contributed by atoms with van der Waals surface area (Å²) in [5.41, 5.74) is -0.281. The van der Waals surface area contributed by atoms with Crippen LogP contribution in [0, 0.1) is 17.6 Å². The van der Waals surface area contributed by atoms with Crippen molar-refractivity contribution in [1.82, 2.24) is 18.9 Å². The number of carboxylic acids is 1. The van der Waals surface area contributed by atoms with Gasteiger partial charge in [0.25, 0.3) is 5.56 Å². The number of halogens is 1. The number of benzene rings is 1. The fourth-order valence-corrected chi connectivity index (χ4v) is 5.05. The van der Waals surface area contributed by atoms with Crippen molar-refractivity contribution >= 4 is 27.5 Å². The molecule has 1 aromatic carbocycles. The highest BCUT2D eigenvalue weighted by atomic mass is 32.1. The molecule has 0 radical (unpaired) electrons. The Hall–Kier alpha value is -4.13. The molecule has 0 aliphatic carbocycles. The number of ether oxygens (including phenoxy) is 1. The highest BCUT2D eigenvalue weighted by molar-refractivity contribution is 7.21. The average Bonchev–Trinajstić information content (AvgIpc) is 3.52. The number of aromatic nitrogens is 4. The molecule has 1 N–H and O–H groups in total. The molecule has 0 aliphatic rings. The van der Waals surface area contributed by atoms with Gasteiger partial charge in [-0.25, -0.2) is 23.2 Å². The molecule has 0 bridgehead atoms. The second-order valence-corrected chi connectivity index (χ2v) is 9.67. The lowest BCUT2D eigenvalue weighted by Gasteiger charge is -2.15. The van der Waals surface area contributed by atoms with E-state index in [0.29, 0.717) is 26.7 Å². The second-order valence-electron chi connectivity index (χ2n) is 8.69. The quantitative estimate of drug-likeness (QED) is 0.331. The summed E-state index contributed by atoms with van der Waals surface area (Å²) < 4.78 is 22.8. The smallest absolute Gasteiger partial charge is 0.332 e. The first-order valence-electron chi connectivity index (χ1n) is 11.7. The molecule has 4 aromatic rings. The van der Waals surface area contributed by atoms with E-state index in [1.165, 1.54) is 48.1 Å². The molecule has 38 heavy (non-hydrogen) atoms. The van der Waals surface area contributed by atoms with Crippen molar-refractivity contribution in [2.45, 2.75) is 52.7 Å². The van der Waals surface area contributed by atoms with Crippen LogP contribution in [0.3, 0.4) is 0 Å². The number of carbonyl (C=O) groups is 1. The van der Waals surface area contributed by atoms with Crippen LogP contribution in [0.5, 0.6) is 5.75 Å². The first-order valence-corrected chi connectivity index (χ1v) is 12.5. The predicted molar refractivity (Wildman–Crippen MR) is 142 cm³/mol. The Labute approximate surface area is 220 Å². The monoisotopic (exact) mass is 545 g/mol. The lowest BCUT2D eigenvalue weighted by molar-refractivity contribution is -0.140. The van der Waals surface area contributed by atoms with E-state index in [1.54, 1.807) is 43.9 Å². The lowest BCUT2D eigenvalue weighted by Crippen LogP contribution is -2.43. The van der Waals surface area contributed by atoms with Crippen molar-refractivity contribution in [3.8, 4) is 10.8 Å². The lowest BCUT2D eigenvalue weighted by atomic mass is 10.1. The third kappa shape index (κ3) is 5.72. The van der Waals surface area contributed by atoms with Crippen LogP contribution in [0.25, 0.3) is 15.2 Å². The highest BCUT2D eigenvalue weighted by Gasteiger charge is 2.26. The van der Waals surface area contributed by atoms with Gasteiger partial charge in [-0.15, -0.1) is 0 Å². The predicted octanol–water partition coefficient (Wildman–Crippen LogP) is 3.92. The van der Waals surface area contributed by atoms with E-state index in [4.69, 9.17) is 4.74 Å². The van der Waals surface area contributed by atoms with Gasteiger partial charge in [0.05, 0.1) is 18.5 Å². The van der Waals surface area contributed by atoms with Gasteiger partial charge < -0.3 is 9.84 Å². The Balaban J connectivity index is 0.000000732. The summed E-state index contributed by atoms with van der Waals surface area (Å²) in [5.74, 6) is -1.28. The van der Waals surface area contributed by atoms with Gasteiger partial charge in [-0.05, 0) is 63.9 Å². The Bertz CT molecular complexity index is 1570. The Morgan fingerprint density at radius 2 is 1.95 bits per heavy atom. The molecule has 0 amide bonds. The summed E-state index contributed by atoms with van der Waals surface area (Å²) in [7, 11) is 1.47. The minimum Gasteiger partial charge on any atom is -0.496 e. The maximum atomic E-state index is 13.8. The van der Waals surface area contributed by atoms with Crippen molar-refractivity contribution in [3.63, 3.8) is 0 Å². The summed E-state index contributed by atoms with van der Waals surface area (Å²) in [6, 6.07) is 4.43. The maximum absolute atomic E-state index is 13.8. The molecule has 13 heteroatoms. The van der Waals surface area contributed by atoms with Gasteiger partial charge in [-0.1, -0.05) is 16.5 Å². The number of hydrogen-bond acceptors (Lipinski definition) is 8. The van der Waals surface area contributed by atoms with E-state index in [0.717, 1.165) is 4.57 Å². The van der Waals surface area contributed by atoms with Crippen LogP contribution in [-0.2, 0) is 17.8 Å². The van der Waals surface area contributed by atoms with E-state index in [9.17, 15) is 28.8 Å². The number of carboxylic acid groups (broad SMARTS) is 1. The largest absolute Gasteiger partial charge is 0.496 e. The van der Waals surface area contributed by atoms with Crippen LogP contribution in [-0.4, -0.2) is 43.1 Å². The van der Waals surface area contributed by atoms with Crippen molar-refractivity contribution in [2.75, 3.05) is 7.11 Å². The van der Waals surface area contributed by atoms with Gasteiger partial charge >= 0.3 is 11.7 Å². The molecule has 4 rings (SSSR count). The van der Waals surface area contributed by atoms with Gasteiger partial charge in [-0.3, -0.25) is 9.36 Å². The van der Waals surface area contributed by atoms with Crippen molar-refractivity contribution in [2.24, 2.45) is 5.18 Å². The minimum absolute atomic E-state index is 0.0463. The molecule has 202 valence electrons. The van der Waals surface area contributed by atoms with Crippen LogP contribution in [0.15, 0.2) is 51.4 Å². The van der Waals surface area contributed by atoms with Gasteiger partial charge in [-0.2, -0.15) is 10.0 Å². The summed E-state index contributed by atoms with van der Waals surface area (Å²) in [5, 5.41) is 17.3. The molecule has 0 saturated heterocycles. The SMILES string of the molecule is CC(C)N=O.COc1ccc(F)cc1CCn1c(=O)n(C(C)C(=O)O)c(=O)c2c(C)c(-n3cccn3)sc21. The number of fused-ring (bicyclic) bond motifs is 1. The topological polar surface area (TPSA) is 138 Å². The van der Waals surface area contributed by atoms with E-state index in [2.05, 4.69) is 10.3 Å². The van der Waals surface area contributed by atoms with E-state index in [-0.39, 0.29) is 24.4 Å². The van der Waals surface area contributed by atoms with Crippen LogP contribution >= 0.6 is 11.3 Å². The van der Waals surface area contributed by atoms with Gasteiger partial charge in [0, 0.05) is 24.5 Å². The number of aryl methyl sites for hydroxylation is 3. The van der Waals surface area contributed by atoms with Crippen LogP contribution in [0.1, 0.15) is 37.9 Å². The third-order valence-electron chi connectivity index (χ3n) is 5.73. The fourth-order valence-electron chi connectivity index (χ4n) is 3.78. The molecule has 11 nitrogen and oxygen atoms in total. The zero-order valence-electron chi connectivity index (χ0n) is 21.5. The number of aliphatic carboxylic acids is 1. The summed E-state index contributed by atoms with van der Waals surface area (Å²) in [4.78, 5) is 47.9. The van der Waals surface area contributed by atoms with E-state index < -0.39 is 29.1 Å².